The maximum atomic E-state index is 11.1. The van der Waals surface area contributed by atoms with E-state index in [1.807, 2.05) is 0 Å². The molecule has 0 aliphatic carbocycles. The summed E-state index contributed by atoms with van der Waals surface area (Å²) in [7, 11) is -0.460. The molecular weight excluding hydrogens is 168 g/mol. The van der Waals surface area contributed by atoms with Gasteiger partial charge in [-0.25, -0.2) is 0 Å². The zero-order chi connectivity index (χ0) is 8.81. The van der Waals surface area contributed by atoms with Crippen molar-refractivity contribution in [2.24, 2.45) is 5.92 Å². The zero-order valence-corrected chi connectivity index (χ0v) is 8.87. The smallest absolute Gasteiger partial charge is 0.0263 e. The molecule has 2 atom stereocenters. The molecular formula is C10H20OS. The molecule has 0 radical (unpaired) electrons. The molecule has 2 unspecified atom stereocenters. The minimum atomic E-state index is -0.460. The Morgan fingerprint density at radius 1 is 1.33 bits per heavy atom. The highest BCUT2D eigenvalue weighted by Gasteiger charge is 2.19. The molecule has 72 valence electrons. The second-order valence-electron chi connectivity index (χ2n) is 3.81. The van der Waals surface area contributed by atoms with Gasteiger partial charge in [-0.1, -0.05) is 32.6 Å². The highest BCUT2D eigenvalue weighted by Crippen LogP contribution is 2.21. The van der Waals surface area contributed by atoms with Gasteiger partial charge < -0.3 is 0 Å². The van der Waals surface area contributed by atoms with Gasteiger partial charge in [0.1, 0.15) is 0 Å². The third kappa shape index (κ3) is 3.70. The maximum Gasteiger partial charge on any atom is 0.0263 e. The summed E-state index contributed by atoms with van der Waals surface area (Å²) in [5.74, 6) is 2.76. The van der Waals surface area contributed by atoms with Crippen molar-refractivity contribution in [3.8, 4) is 0 Å². The summed E-state index contributed by atoms with van der Waals surface area (Å²) in [5.41, 5.74) is 0. The highest BCUT2D eigenvalue weighted by molar-refractivity contribution is 7.85. The van der Waals surface area contributed by atoms with E-state index in [0.29, 0.717) is 0 Å². The van der Waals surface area contributed by atoms with Gasteiger partial charge in [0.15, 0.2) is 0 Å². The minimum Gasteiger partial charge on any atom is -0.260 e. The van der Waals surface area contributed by atoms with Crippen molar-refractivity contribution < 1.29 is 4.21 Å². The van der Waals surface area contributed by atoms with E-state index in [1.165, 1.54) is 38.5 Å². The van der Waals surface area contributed by atoms with Crippen molar-refractivity contribution in [2.75, 3.05) is 11.5 Å². The van der Waals surface area contributed by atoms with E-state index in [-0.39, 0.29) is 0 Å². The van der Waals surface area contributed by atoms with Crippen LogP contribution in [0.25, 0.3) is 0 Å². The van der Waals surface area contributed by atoms with Crippen molar-refractivity contribution in [1.29, 1.82) is 0 Å². The van der Waals surface area contributed by atoms with Crippen LogP contribution in [0.4, 0.5) is 0 Å². The van der Waals surface area contributed by atoms with Gasteiger partial charge in [-0.3, -0.25) is 4.21 Å². The lowest BCUT2D eigenvalue weighted by Crippen LogP contribution is -1.99. The number of hydrogen-bond acceptors (Lipinski definition) is 1. The third-order valence-corrected chi connectivity index (χ3v) is 4.18. The van der Waals surface area contributed by atoms with E-state index in [0.717, 1.165) is 17.4 Å². The first-order valence-corrected chi connectivity index (χ1v) is 6.66. The molecule has 12 heavy (non-hydrogen) atoms. The van der Waals surface area contributed by atoms with Crippen molar-refractivity contribution in [2.45, 2.75) is 45.4 Å². The number of unbranched alkanes of at least 4 members (excludes halogenated alkanes) is 3. The van der Waals surface area contributed by atoms with Crippen LogP contribution in [0.2, 0.25) is 0 Å². The molecule has 0 N–H and O–H groups in total. The fourth-order valence-electron chi connectivity index (χ4n) is 1.82. The summed E-state index contributed by atoms with van der Waals surface area (Å²) in [4.78, 5) is 0. The quantitative estimate of drug-likeness (QED) is 0.606. The Morgan fingerprint density at radius 3 is 2.75 bits per heavy atom. The molecule has 0 bridgehead atoms. The first-order valence-electron chi connectivity index (χ1n) is 5.18. The van der Waals surface area contributed by atoms with Crippen LogP contribution in [0, 0.1) is 5.92 Å². The van der Waals surface area contributed by atoms with Gasteiger partial charge in [-0.15, -0.1) is 0 Å². The predicted octanol–water partition coefficient (Wildman–Crippen LogP) is 2.73. The molecule has 1 heterocycles. The molecule has 0 amide bonds. The van der Waals surface area contributed by atoms with Crippen molar-refractivity contribution in [3.63, 3.8) is 0 Å². The van der Waals surface area contributed by atoms with Gasteiger partial charge in [-0.2, -0.15) is 0 Å². The lowest BCUT2D eigenvalue weighted by Gasteiger charge is -2.05. The fourth-order valence-corrected chi connectivity index (χ4v) is 3.44. The van der Waals surface area contributed by atoms with Gasteiger partial charge in [0.25, 0.3) is 0 Å². The summed E-state index contributed by atoms with van der Waals surface area (Å²) in [6, 6.07) is 0. The lowest BCUT2D eigenvalue weighted by atomic mass is 10.0. The standard InChI is InChI=1S/C10H20OS/c1-2-3-4-5-6-10-7-8-12(11)9-10/h10H,2-9H2,1H3. The summed E-state index contributed by atoms with van der Waals surface area (Å²) in [6.07, 6.45) is 7.96. The average molecular weight is 188 g/mol. The zero-order valence-electron chi connectivity index (χ0n) is 8.05. The molecule has 0 aromatic heterocycles. The minimum absolute atomic E-state index is 0.460. The van der Waals surface area contributed by atoms with Crippen molar-refractivity contribution >= 4 is 10.8 Å². The molecule has 1 rings (SSSR count). The summed E-state index contributed by atoms with van der Waals surface area (Å²) in [5, 5.41) is 0. The maximum absolute atomic E-state index is 11.1. The highest BCUT2D eigenvalue weighted by atomic mass is 32.2. The largest absolute Gasteiger partial charge is 0.260 e. The monoisotopic (exact) mass is 188 g/mol. The molecule has 2 heteroatoms. The average Bonchev–Trinajstić information content (AvgIpc) is 2.45. The van der Waals surface area contributed by atoms with E-state index in [2.05, 4.69) is 6.92 Å². The molecule has 1 saturated heterocycles. The Morgan fingerprint density at radius 2 is 2.17 bits per heavy atom. The van der Waals surface area contributed by atoms with Crippen LogP contribution in [-0.4, -0.2) is 15.7 Å². The molecule has 1 fully saturated rings. The first-order chi connectivity index (χ1) is 5.83. The van der Waals surface area contributed by atoms with Gasteiger partial charge >= 0.3 is 0 Å². The molecule has 1 nitrogen and oxygen atoms in total. The molecule has 1 aliphatic rings. The molecule has 1 aliphatic heterocycles. The summed E-state index contributed by atoms with van der Waals surface area (Å²) in [6.45, 7) is 2.24. The Kier molecular flexibility index (Phi) is 4.89. The normalized spacial score (nSPS) is 29.4. The van der Waals surface area contributed by atoms with Crippen LogP contribution in [0.1, 0.15) is 45.4 Å². The van der Waals surface area contributed by atoms with Crippen molar-refractivity contribution in [3.05, 3.63) is 0 Å². The Labute approximate surface area is 78.4 Å². The van der Waals surface area contributed by atoms with Crippen LogP contribution in [-0.2, 0) is 10.8 Å². The van der Waals surface area contributed by atoms with E-state index in [9.17, 15) is 4.21 Å². The Bertz CT molecular complexity index is 145. The first kappa shape index (κ1) is 10.2. The van der Waals surface area contributed by atoms with E-state index < -0.39 is 10.8 Å². The van der Waals surface area contributed by atoms with Crippen molar-refractivity contribution in [1.82, 2.24) is 0 Å². The summed E-state index contributed by atoms with van der Waals surface area (Å²) < 4.78 is 11.1. The topological polar surface area (TPSA) is 17.1 Å². The van der Waals surface area contributed by atoms with E-state index >= 15 is 0 Å². The third-order valence-electron chi connectivity index (χ3n) is 2.64. The van der Waals surface area contributed by atoms with Crippen LogP contribution >= 0.6 is 0 Å². The van der Waals surface area contributed by atoms with Gasteiger partial charge in [0, 0.05) is 22.3 Å². The molecule has 0 aromatic carbocycles. The summed E-state index contributed by atoms with van der Waals surface area (Å²) >= 11 is 0. The van der Waals surface area contributed by atoms with Gasteiger partial charge in [0.05, 0.1) is 0 Å². The second kappa shape index (κ2) is 5.74. The Hall–Kier alpha value is 0.150. The van der Waals surface area contributed by atoms with E-state index in [4.69, 9.17) is 0 Å². The van der Waals surface area contributed by atoms with E-state index in [1.54, 1.807) is 0 Å². The lowest BCUT2D eigenvalue weighted by molar-refractivity contribution is 0.498. The Balaban J connectivity index is 1.97. The molecule has 0 saturated carbocycles. The molecule has 0 spiro atoms. The van der Waals surface area contributed by atoms with Crippen LogP contribution < -0.4 is 0 Å². The van der Waals surface area contributed by atoms with Crippen LogP contribution in [0.5, 0.6) is 0 Å². The van der Waals surface area contributed by atoms with Crippen LogP contribution in [0.15, 0.2) is 0 Å². The fraction of sp³-hybridized carbons (Fsp3) is 1.00. The number of hydrogen-bond donors (Lipinski definition) is 0. The SMILES string of the molecule is CCCCCCC1CCS(=O)C1. The second-order valence-corrected chi connectivity index (χ2v) is 5.44. The van der Waals surface area contributed by atoms with Crippen LogP contribution in [0.3, 0.4) is 0 Å². The predicted molar refractivity (Wildman–Crippen MR) is 54.7 cm³/mol. The molecule has 0 aromatic rings. The number of rotatable bonds is 5. The van der Waals surface area contributed by atoms with Gasteiger partial charge in [-0.05, 0) is 18.8 Å². The van der Waals surface area contributed by atoms with Gasteiger partial charge in [0.2, 0.25) is 0 Å².